The molecule has 0 saturated carbocycles. The summed E-state index contributed by atoms with van der Waals surface area (Å²) in [5.74, 6) is 0. The van der Waals surface area contributed by atoms with Gasteiger partial charge in [-0.2, -0.15) is 0 Å². The Balaban J connectivity index is 1.23. The lowest BCUT2D eigenvalue weighted by molar-refractivity contribution is 0.660. The van der Waals surface area contributed by atoms with Gasteiger partial charge in [0.1, 0.15) is 11.2 Å². The van der Waals surface area contributed by atoms with Crippen LogP contribution in [0.1, 0.15) is 25.0 Å². The molecule has 1 aliphatic rings. The van der Waals surface area contributed by atoms with Crippen LogP contribution in [0.4, 0.5) is 17.1 Å². The van der Waals surface area contributed by atoms with Crippen LogP contribution in [-0.4, -0.2) is 0 Å². The number of fused-ring (bicyclic) bond motifs is 8. The maximum Gasteiger partial charge on any atom is 0.143 e. The molecule has 2 heteroatoms. The SMILES string of the molecule is CC1(C)c2ccccc2-c2ccc(N(c3cc(-c4ccccc4)cc(-c4ccccc4)c3)c3cccc4oc5c6ccccc6c(-c6ccccc6)cc5c34)cc21. The molecule has 0 unspecified atom stereocenters. The molecule has 1 heterocycles. The van der Waals surface area contributed by atoms with E-state index >= 15 is 0 Å². The van der Waals surface area contributed by atoms with Crippen LogP contribution in [0.3, 0.4) is 0 Å². The smallest absolute Gasteiger partial charge is 0.143 e. The minimum Gasteiger partial charge on any atom is -0.455 e. The Morgan fingerprint density at radius 3 is 1.68 bits per heavy atom. The van der Waals surface area contributed by atoms with Crippen LogP contribution in [-0.2, 0) is 5.41 Å². The molecule has 0 bridgehead atoms. The molecule has 0 spiro atoms. The third kappa shape index (κ3) is 5.33. The maximum absolute atomic E-state index is 6.93. The predicted molar refractivity (Wildman–Crippen MR) is 240 cm³/mol. The summed E-state index contributed by atoms with van der Waals surface area (Å²) in [6.07, 6.45) is 0. The van der Waals surface area contributed by atoms with Crippen molar-refractivity contribution in [3.63, 3.8) is 0 Å². The van der Waals surface area contributed by atoms with Crippen molar-refractivity contribution in [1.29, 1.82) is 0 Å². The summed E-state index contributed by atoms with van der Waals surface area (Å²) in [5.41, 5.74) is 17.2. The summed E-state index contributed by atoms with van der Waals surface area (Å²) in [5, 5.41) is 4.47. The number of rotatable bonds is 6. The zero-order chi connectivity index (χ0) is 38.1. The molecule has 0 N–H and O–H groups in total. The minimum absolute atomic E-state index is 0.160. The molecular formula is C55H39NO. The van der Waals surface area contributed by atoms with Gasteiger partial charge in [-0.05, 0) is 110 Å². The van der Waals surface area contributed by atoms with Crippen molar-refractivity contribution in [2.45, 2.75) is 19.3 Å². The molecule has 1 aromatic heterocycles. The molecule has 0 fully saturated rings. The highest BCUT2D eigenvalue weighted by molar-refractivity contribution is 6.22. The molecule has 0 aliphatic heterocycles. The van der Waals surface area contributed by atoms with Crippen LogP contribution in [0.5, 0.6) is 0 Å². The normalized spacial score (nSPS) is 12.9. The van der Waals surface area contributed by atoms with E-state index in [9.17, 15) is 0 Å². The average Bonchev–Trinajstić information content (AvgIpc) is 3.77. The van der Waals surface area contributed by atoms with Gasteiger partial charge in [0.2, 0.25) is 0 Å². The zero-order valence-corrected chi connectivity index (χ0v) is 31.9. The summed E-state index contributed by atoms with van der Waals surface area (Å²) in [6, 6.07) is 72.6. The van der Waals surface area contributed by atoms with Gasteiger partial charge in [-0.3, -0.25) is 0 Å². The van der Waals surface area contributed by atoms with E-state index in [1.165, 1.54) is 49.9 Å². The van der Waals surface area contributed by atoms with Crippen LogP contribution < -0.4 is 4.90 Å². The Bertz CT molecular complexity index is 3080. The molecule has 0 radical (unpaired) electrons. The maximum atomic E-state index is 6.93. The second kappa shape index (κ2) is 13.0. The fourth-order valence-corrected chi connectivity index (χ4v) is 9.27. The van der Waals surface area contributed by atoms with Crippen LogP contribution in [0.25, 0.3) is 77.2 Å². The summed E-state index contributed by atoms with van der Waals surface area (Å²) in [4.78, 5) is 2.47. The second-order valence-electron chi connectivity index (χ2n) is 15.7. The van der Waals surface area contributed by atoms with E-state index in [-0.39, 0.29) is 5.41 Å². The molecule has 11 rings (SSSR count). The third-order valence-corrected chi connectivity index (χ3v) is 12.0. The topological polar surface area (TPSA) is 16.4 Å². The summed E-state index contributed by atoms with van der Waals surface area (Å²) < 4.78 is 6.93. The van der Waals surface area contributed by atoms with Gasteiger partial charge in [-0.25, -0.2) is 0 Å². The van der Waals surface area contributed by atoms with Gasteiger partial charge in [-0.15, -0.1) is 0 Å². The molecule has 57 heavy (non-hydrogen) atoms. The van der Waals surface area contributed by atoms with Crippen molar-refractivity contribution < 1.29 is 4.42 Å². The van der Waals surface area contributed by atoms with Crippen LogP contribution in [0.15, 0.2) is 205 Å². The Kier molecular flexibility index (Phi) is 7.55. The predicted octanol–water partition coefficient (Wildman–Crippen LogP) is 15.5. The van der Waals surface area contributed by atoms with E-state index in [0.29, 0.717) is 0 Å². The van der Waals surface area contributed by atoms with E-state index in [2.05, 4.69) is 219 Å². The number of nitrogens with zero attached hydrogens (tertiary/aromatic N) is 1. The molecule has 2 nitrogen and oxygen atoms in total. The lowest BCUT2D eigenvalue weighted by Crippen LogP contribution is -2.16. The van der Waals surface area contributed by atoms with Gasteiger partial charge >= 0.3 is 0 Å². The molecule has 0 saturated heterocycles. The minimum atomic E-state index is -0.160. The largest absolute Gasteiger partial charge is 0.455 e. The zero-order valence-electron chi connectivity index (χ0n) is 31.9. The molecule has 9 aromatic carbocycles. The van der Waals surface area contributed by atoms with E-state index in [1.807, 2.05) is 0 Å². The molecule has 270 valence electrons. The highest BCUT2D eigenvalue weighted by Crippen LogP contribution is 2.52. The van der Waals surface area contributed by atoms with Crippen molar-refractivity contribution in [1.82, 2.24) is 0 Å². The second-order valence-corrected chi connectivity index (χ2v) is 15.7. The number of hydrogen-bond acceptors (Lipinski definition) is 2. The molecule has 1 aliphatic carbocycles. The van der Waals surface area contributed by atoms with E-state index in [0.717, 1.165) is 55.5 Å². The van der Waals surface area contributed by atoms with Crippen LogP contribution in [0, 0.1) is 0 Å². The Labute approximate surface area is 332 Å². The van der Waals surface area contributed by atoms with Gasteiger partial charge in [0.05, 0.1) is 11.1 Å². The van der Waals surface area contributed by atoms with E-state index in [1.54, 1.807) is 0 Å². The highest BCUT2D eigenvalue weighted by atomic mass is 16.3. The Hall–Kier alpha value is -7.16. The first kappa shape index (κ1) is 33.2. The first-order chi connectivity index (χ1) is 28.0. The molecular weight excluding hydrogens is 691 g/mol. The first-order valence-electron chi connectivity index (χ1n) is 19.8. The van der Waals surface area contributed by atoms with Crippen molar-refractivity contribution in [3.8, 4) is 44.5 Å². The van der Waals surface area contributed by atoms with E-state index in [4.69, 9.17) is 4.42 Å². The van der Waals surface area contributed by atoms with Crippen molar-refractivity contribution in [2.24, 2.45) is 0 Å². The summed E-state index contributed by atoms with van der Waals surface area (Å²) in [7, 11) is 0. The van der Waals surface area contributed by atoms with Crippen molar-refractivity contribution in [2.75, 3.05) is 4.90 Å². The van der Waals surface area contributed by atoms with Crippen LogP contribution >= 0.6 is 0 Å². The van der Waals surface area contributed by atoms with Gasteiger partial charge in [0.25, 0.3) is 0 Å². The number of benzene rings is 9. The first-order valence-corrected chi connectivity index (χ1v) is 19.8. The fraction of sp³-hybridized carbons (Fsp3) is 0.0545. The average molecular weight is 730 g/mol. The summed E-state index contributed by atoms with van der Waals surface area (Å²) in [6.45, 7) is 4.71. The Morgan fingerprint density at radius 1 is 0.386 bits per heavy atom. The Morgan fingerprint density at radius 2 is 0.982 bits per heavy atom. The monoisotopic (exact) mass is 729 g/mol. The quantitative estimate of drug-likeness (QED) is 0.169. The van der Waals surface area contributed by atoms with Crippen molar-refractivity contribution >= 4 is 49.8 Å². The van der Waals surface area contributed by atoms with Gasteiger partial charge in [0, 0.05) is 27.6 Å². The van der Waals surface area contributed by atoms with Crippen molar-refractivity contribution in [3.05, 3.63) is 211 Å². The van der Waals surface area contributed by atoms with Gasteiger partial charge in [-0.1, -0.05) is 166 Å². The number of hydrogen-bond donors (Lipinski definition) is 0. The lowest BCUT2D eigenvalue weighted by Gasteiger charge is -2.29. The van der Waals surface area contributed by atoms with E-state index < -0.39 is 0 Å². The molecule has 10 aromatic rings. The third-order valence-electron chi connectivity index (χ3n) is 12.0. The molecule has 0 amide bonds. The van der Waals surface area contributed by atoms with Gasteiger partial charge in [0.15, 0.2) is 0 Å². The van der Waals surface area contributed by atoms with Gasteiger partial charge < -0.3 is 9.32 Å². The fourth-order valence-electron chi connectivity index (χ4n) is 9.27. The molecule has 0 atom stereocenters. The highest BCUT2D eigenvalue weighted by Gasteiger charge is 2.36. The lowest BCUT2D eigenvalue weighted by atomic mass is 9.82. The van der Waals surface area contributed by atoms with Crippen LogP contribution in [0.2, 0.25) is 0 Å². The standard InChI is InChI=1S/C55H39NO/c1-55(2)49-26-15-14-24-44(49)45-30-29-41(34-50(45)55)56(42-32-39(36-17-6-3-7-18-36)31-40(33-42)37-19-8-4-9-20-37)51-27-16-28-52-53(51)48-35-47(38-21-10-5-11-22-38)43-23-12-13-25-46(43)54(48)57-52/h3-35H,1-2H3. The number of anilines is 3. The number of furan rings is 1. The summed E-state index contributed by atoms with van der Waals surface area (Å²) >= 11 is 0.